The zero-order valence-corrected chi connectivity index (χ0v) is 12.4. The van der Waals surface area contributed by atoms with E-state index in [-0.39, 0.29) is 10.9 Å². The molecule has 0 aromatic carbocycles. The fourth-order valence-corrected chi connectivity index (χ4v) is 3.22. The molecule has 1 aromatic rings. The van der Waals surface area contributed by atoms with E-state index in [0.717, 1.165) is 6.42 Å². The van der Waals surface area contributed by atoms with Crippen LogP contribution in [0, 0.1) is 0 Å². The van der Waals surface area contributed by atoms with Gasteiger partial charge in [-0.25, -0.2) is 18.1 Å². The lowest BCUT2D eigenvalue weighted by molar-refractivity contribution is 0.556. The van der Waals surface area contributed by atoms with Crippen LogP contribution in [0.4, 0.5) is 5.82 Å². The molecule has 1 unspecified atom stereocenters. The number of hydrogen-bond donors (Lipinski definition) is 2. The normalized spacial score (nSPS) is 13.4. The lowest BCUT2D eigenvalue weighted by atomic mass is 10.3. The second-order valence-corrected chi connectivity index (χ2v) is 6.28. The van der Waals surface area contributed by atoms with Crippen LogP contribution in [0.3, 0.4) is 0 Å². The lowest BCUT2D eigenvalue weighted by Gasteiger charge is -2.14. The van der Waals surface area contributed by atoms with Gasteiger partial charge in [0, 0.05) is 23.8 Å². The van der Waals surface area contributed by atoms with Gasteiger partial charge in [-0.1, -0.05) is 6.92 Å². The van der Waals surface area contributed by atoms with Crippen molar-refractivity contribution in [1.29, 1.82) is 0 Å². The molecule has 0 spiro atoms. The van der Waals surface area contributed by atoms with E-state index in [1.807, 2.05) is 13.8 Å². The van der Waals surface area contributed by atoms with Crippen LogP contribution >= 0.6 is 15.9 Å². The zero-order chi connectivity index (χ0) is 13.1. The van der Waals surface area contributed by atoms with Gasteiger partial charge in [0.25, 0.3) is 0 Å². The molecule has 1 rings (SSSR count). The molecule has 7 heteroatoms. The Morgan fingerprint density at radius 2 is 2.18 bits per heavy atom. The maximum absolute atomic E-state index is 12.1. The quantitative estimate of drug-likeness (QED) is 0.869. The molecule has 0 radical (unpaired) electrons. The molecule has 0 bridgehead atoms. The number of aromatic nitrogens is 1. The van der Waals surface area contributed by atoms with Gasteiger partial charge in [-0.2, -0.15) is 0 Å². The smallest absolute Gasteiger partial charge is 0.244 e. The van der Waals surface area contributed by atoms with E-state index in [1.165, 1.54) is 6.07 Å². The summed E-state index contributed by atoms with van der Waals surface area (Å²) in [4.78, 5) is 4.17. The number of sulfonamides is 1. The molecule has 2 N–H and O–H groups in total. The Morgan fingerprint density at radius 1 is 1.53 bits per heavy atom. The molecule has 1 atom stereocenters. The Labute approximate surface area is 110 Å². The first-order valence-electron chi connectivity index (χ1n) is 5.26. The van der Waals surface area contributed by atoms with Crippen molar-refractivity contribution in [2.75, 3.05) is 12.4 Å². The molecular weight excluding hydrogens is 306 g/mol. The summed E-state index contributed by atoms with van der Waals surface area (Å²) in [7, 11) is -1.90. The molecule has 0 saturated heterocycles. The lowest BCUT2D eigenvalue weighted by Crippen LogP contribution is -2.32. The highest BCUT2D eigenvalue weighted by Crippen LogP contribution is 2.22. The second-order valence-electron chi connectivity index (χ2n) is 3.68. The van der Waals surface area contributed by atoms with Crippen molar-refractivity contribution in [1.82, 2.24) is 9.71 Å². The van der Waals surface area contributed by atoms with Gasteiger partial charge in [0.05, 0.1) is 0 Å². The number of nitrogens with zero attached hydrogens (tertiary/aromatic N) is 1. The van der Waals surface area contributed by atoms with Gasteiger partial charge in [-0.15, -0.1) is 0 Å². The number of nitrogens with one attached hydrogen (secondary N) is 2. The maximum atomic E-state index is 12.1. The van der Waals surface area contributed by atoms with Crippen molar-refractivity contribution >= 4 is 31.8 Å². The summed E-state index contributed by atoms with van der Waals surface area (Å²) in [5, 5.41) is 2.77. The molecule has 0 aliphatic rings. The van der Waals surface area contributed by atoms with Crippen LogP contribution in [0.5, 0.6) is 0 Å². The fourth-order valence-electron chi connectivity index (χ4n) is 1.22. The molecule has 1 heterocycles. The van der Waals surface area contributed by atoms with Crippen molar-refractivity contribution < 1.29 is 8.42 Å². The highest BCUT2D eigenvalue weighted by molar-refractivity contribution is 9.10. The van der Waals surface area contributed by atoms with Gasteiger partial charge in [0.15, 0.2) is 0 Å². The summed E-state index contributed by atoms with van der Waals surface area (Å²) in [6, 6.07) is 1.42. The third-order valence-electron chi connectivity index (χ3n) is 2.31. The largest absolute Gasteiger partial charge is 0.372 e. The average molecular weight is 322 g/mol. The van der Waals surface area contributed by atoms with Gasteiger partial charge in [-0.05, 0) is 35.3 Å². The Morgan fingerprint density at radius 3 is 2.71 bits per heavy atom. The third-order valence-corrected chi connectivity index (χ3v) is 4.35. The number of anilines is 1. The first-order chi connectivity index (χ1) is 7.90. The SMILES string of the molecule is CCC(C)NS(=O)(=O)c1cc(Br)cnc1NC. The number of pyridine rings is 1. The van der Waals surface area contributed by atoms with Gasteiger partial charge < -0.3 is 5.32 Å². The minimum atomic E-state index is -3.54. The van der Waals surface area contributed by atoms with E-state index in [4.69, 9.17) is 0 Å². The monoisotopic (exact) mass is 321 g/mol. The standard InChI is InChI=1S/C10H16BrN3O2S/c1-4-7(2)14-17(15,16)9-5-8(11)6-13-10(9)12-3/h5-7,14H,4H2,1-3H3,(H,12,13). The summed E-state index contributed by atoms with van der Waals surface area (Å²) in [6.45, 7) is 3.74. The summed E-state index contributed by atoms with van der Waals surface area (Å²) in [5.41, 5.74) is 0. The van der Waals surface area contributed by atoms with E-state index in [1.54, 1.807) is 13.2 Å². The highest BCUT2D eigenvalue weighted by atomic mass is 79.9. The molecule has 17 heavy (non-hydrogen) atoms. The van der Waals surface area contributed by atoms with Crippen molar-refractivity contribution in [3.05, 3.63) is 16.7 Å². The molecule has 0 aliphatic heterocycles. The van der Waals surface area contributed by atoms with Crippen LogP contribution < -0.4 is 10.0 Å². The van der Waals surface area contributed by atoms with Crippen LogP contribution in [0.15, 0.2) is 21.6 Å². The van der Waals surface area contributed by atoms with E-state index >= 15 is 0 Å². The van der Waals surface area contributed by atoms with Gasteiger partial charge in [-0.3, -0.25) is 0 Å². The van der Waals surface area contributed by atoms with E-state index < -0.39 is 10.0 Å². The highest BCUT2D eigenvalue weighted by Gasteiger charge is 2.21. The van der Waals surface area contributed by atoms with Gasteiger partial charge >= 0.3 is 0 Å². The molecule has 5 nitrogen and oxygen atoms in total. The molecule has 0 fully saturated rings. The number of halogens is 1. The minimum absolute atomic E-state index is 0.108. The number of rotatable bonds is 5. The Hall–Kier alpha value is -0.660. The van der Waals surface area contributed by atoms with E-state index in [0.29, 0.717) is 10.3 Å². The van der Waals surface area contributed by atoms with Crippen LogP contribution in [0.25, 0.3) is 0 Å². The third kappa shape index (κ3) is 3.65. The summed E-state index contributed by atoms with van der Waals surface area (Å²) in [5.74, 6) is 0.337. The zero-order valence-electron chi connectivity index (χ0n) is 9.99. The topological polar surface area (TPSA) is 71.1 Å². The van der Waals surface area contributed by atoms with Crippen LogP contribution in [0.2, 0.25) is 0 Å². The van der Waals surface area contributed by atoms with Gasteiger partial charge in [0.1, 0.15) is 10.7 Å². The Kier molecular flexibility index (Phi) is 4.91. The van der Waals surface area contributed by atoms with Crippen molar-refractivity contribution in [3.63, 3.8) is 0 Å². The molecular formula is C10H16BrN3O2S. The predicted octanol–water partition coefficient (Wildman–Crippen LogP) is 1.96. The first-order valence-corrected chi connectivity index (χ1v) is 7.54. The summed E-state index contributed by atoms with van der Waals surface area (Å²) in [6.07, 6.45) is 2.28. The maximum Gasteiger partial charge on any atom is 0.244 e. The van der Waals surface area contributed by atoms with E-state index in [2.05, 4.69) is 31.0 Å². The summed E-state index contributed by atoms with van der Waals surface area (Å²) >= 11 is 3.22. The van der Waals surface area contributed by atoms with Gasteiger partial charge in [0.2, 0.25) is 10.0 Å². The molecule has 0 aliphatic carbocycles. The van der Waals surface area contributed by atoms with Crippen molar-refractivity contribution in [3.8, 4) is 0 Å². The minimum Gasteiger partial charge on any atom is -0.372 e. The van der Waals surface area contributed by atoms with Crippen molar-refractivity contribution in [2.45, 2.75) is 31.2 Å². The molecule has 96 valence electrons. The Balaban J connectivity index is 3.18. The molecule has 0 amide bonds. The van der Waals surface area contributed by atoms with Crippen LogP contribution in [-0.2, 0) is 10.0 Å². The fraction of sp³-hybridized carbons (Fsp3) is 0.500. The predicted molar refractivity (Wildman–Crippen MR) is 71.6 cm³/mol. The second kappa shape index (κ2) is 5.79. The Bertz CT molecular complexity index is 490. The van der Waals surface area contributed by atoms with Crippen LogP contribution in [-0.4, -0.2) is 26.5 Å². The van der Waals surface area contributed by atoms with Crippen molar-refractivity contribution in [2.24, 2.45) is 0 Å². The first kappa shape index (κ1) is 14.4. The molecule has 0 saturated carbocycles. The molecule has 1 aromatic heterocycles. The van der Waals surface area contributed by atoms with E-state index in [9.17, 15) is 8.42 Å². The average Bonchev–Trinajstić information content (AvgIpc) is 2.28. The summed E-state index contributed by atoms with van der Waals surface area (Å²) < 4.78 is 27.5. The number of hydrogen-bond acceptors (Lipinski definition) is 4. The van der Waals surface area contributed by atoms with Crippen LogP contribution in [0.1, 0.15) is 20.3 Å².